The third-order valence-corrected chi connectivity index (χ3v) is 4.38. The first-order chi connectivity index (χ1) is 8.86. The fraction of sp³-hybridized carbons (Fsp3) is 0.867. The molecule has 0 bridgehead atoms. The Hall–Kier alpha value is -1.06. The Balaban J connectivity index is 2.50. The van der Waals surface area contributed by atoms with Crippen molar-refractivity contribution in [2.45, 2.75) is 53.0 Å². The van der Waals surface area contributed by atoms with E-state index in [1.165, 1.54) is 7.11 Å². The first kappa shape index (κ1) is 16.0. The summed E-state index contributed by atoms with van der Waals surface area (Å²) in [4.78, 5) is 23.4. The van der Waals surface area contributed by atoms with E-state index in [4.69, 9.17) is 0 Å². The average Bonchev–Trinajstić information content (AvgIpc) is 2.36. The van der Waals surface area contributed by atoms with Gasteiger partial charge in [-0.15, -0.1) is 0 Å². The highest BCUT2D eigenvalue weighted by molar-refractivity contribution is 5.85. The maximum Gasteiger partial charge on any atom is 0.328 e. The smallest absolute Gasteiger partial charge is 0.328 e. The maximum atomic E-state index is 12.1. The number of methoxy groups -OCH3 is 1. The van der Waals surface area contributed by atoms with Gasteiger partial charge in [-0.2, -0.15) is 0 Å². The molecule has 1 N–H and O–H groups in total. The van der Waals surface area contributed by atoms with Gasteiger partial charge in [-0.1, -0.05) is 20.8 Å². The number of carbonyl (C=O) groups excluding carboxylic acids is 2. The van der Waals surface area contributed by atoms with Crippen LogP contribution in [0.5, 0.6) is 0 Å². The molecule has 1 amide bonds. The van der Waals surface area contributed by atoms with Crippen molar-refractivity contribution < 1.29 is 14.3 Å². The van der Waals surface area contributed by atoms with E-state index in [0.29, 0.717) is 17.8 Å². The molecule has 4 unspecified atom stereocenters. The summed E-state index contributed by atoms with van der Waals surface area (Å²) in [6.45, 7) is 8.39. The van der Waals surface area contributed by atoms with Crippen LogP contribution in [-0.2, 0) is 14.3 Å². The minimum atomic E-state index is -0.560. The van der Waals surface area contributed by atoms with Gasteiger partial charge in [0.1, 0.15) is 6.04 Å². The zero-order valence-corrected chi connectivity index (χ0v) is 12.7. The molecule has 1 rings (SSSR count). The zero-order chi connectivity index (χ0) is 14.6. The predicted molar refractivity (Wildman–Crippen MR) is 74.5 cm³/mol. The SMILES string of the molecule is COC(=O)C(C)NC(=O)C1CCC(C(C)C)C(C)C1. The largest absolute Gasteiger partial charge is 0.467 e. The molecule has 1 aliphatic carbocycles. The molecule has 0 heterocycles. The standard InChI is InChI=1S/C15H27NO3/c1-9(2)13-7-6-12(8-10(13)3)14(17)16-11(4)15(18)19-5/h9-13H,6-8H2,1-5H3,(H,16,17). The summed E-state index contributed by atoms with van der Waals surface area (Å²) in [6.07, 6.45) is 2.94. The van der Waals surface area contributed by atoms with E-state index in [0.717, 1.165) is 19.3 Å². The minimum Gasteiger partial charge on any atom is -0.467 e. The number of amides is 1. The van der Waals surface area contributed by atoms with Gasteiger partial charge in [0.25, 0.3) is 0 Å². The Morgan fingerprint density at radius 3 is 2.32 bits per heavy atom. The van der Waals surface area contributed by atoms with Crippen molar-refractivity contribution in [1.82, 2.24) is 5.32 Å². The molecule has 0 aliphatic heterocycles. The molecule has 1 saturated carbocycles. The monoisotopic (exact) mass is 269 g/mol. The molecule has 4 atom stereocenters. The third kappa shape index (κ3) is 4.22. The lowest BCUT2D eigenvalue weighted by Crippen LogP contribution is -2.44. The molecule has 0 saturated heterocycles. The number of rotatable bonds is 4. The van der Waals surface area contributed by atoms with E-state index in [2.05, 4.69) is 30.8 Å². The molecular weight excluding hydrogens is 242 g/mol. The van der Waals surface area contributed by atoms with E-state index in [9.17, 15) is 9.59 Å². The number of hydrogen-bond acceptors (Lipinski definition) is 3. The van der Waals surface area contributed by atoms with Crippen LogP contribution in [0.15, 0.2) is 0 Å². The van der Waals surface area contributed by atoms with E-state index in [-0.39, 0.29) is 11.8 Å². The highest BCUT2D eigenvalue weighted by Gasteiger charge is 2.33. The molecule has 4 heteroatoms. The summed E-state index contributed by atoms with van der Waals surface area (Å²) in [6, 6.07) is -0.560. The van der Waals surface area contributed by atoms with Crippen molar-refractivity contribution in [2.75, 3.05) is 7.11 Å². The number of esters is 1. The maximum absolute atomic E-state index is 12.1. The Morgan fingerprint density at radius 1 is 1.21 bits per heavy atom. The molecule has 4 nitrogen and oxygen atoms in total. The molecule has 1 fully saturated rings. The molecule has 0 radical (unpaired) electrons. The van der Waals surface area contributed by atoms with Gasteiger partial charge in [-0.3, -0.25) is 4.79 Å². The quantitative estimate of drug-likeness (QED) is 0.797. The zero-order valence-electron chi connectivity index (χ0n) is 12.7. The molecule has 110 valence electrons. The van der Waals surface area contributed by atoms with Gasteiger partial charge < -0.3 is 10.1 Å². The van der Waals surface area contributed by atoms with Gasteiger partial charge in [0.2, 0.25) is 5.91 Å². The molecule has 19 heavy (non-hydrogen) atoms. The van der Waals surface area contributed by atoms with Crippen LogP contribution < -0.4 is 5.32 Å². The van der Waals surface area contributed by atoms with Gasteiger partial charge >= 0.3 is 5.97 Å². The van der Waals surface area contributed by atoms with Crippen molar-refractivity contribution in [3.05, 3.63) is 0 Å². The normalized spacial score (nSPS) is 28.8. The highest BCUT2D eigenvalue weighted by Crippen LogP contribution is 2.37. The average molecular weight is 269 g/mol. The van der Waals surface area contributed by atoms with Crippen LogP contribution in [0.25, 0.3) is 0 Å². The molecule has 1 aliphatic rings. The summed E-state index contributed by atoms with van der Waals surface area (Å²) >= 11 is 0. The van der Waals surface area contributed by atoms with Crippen molar-refractivity contribution >= 4 is 11.9 Å². The number of carbonyl (C=O) groups is 2. The fourth-order valence-corrected chi connectivity index (χ4v) is 3.22. The molecule has 0 aromatic heterocycles. The first-order valence-electron chi connectivity index (χ1n) is 7.25. The highest BCUT2D eigenvalue weighted by atomic mass is 16.5. The second-order valence-corrected chi connectivity index (χ2v) is 6.15. The topological polar surface area (TPSA) is 55.4 Å². The van der Waals surface area contributed by atoms with E-state index in [1.807, 2.05) is 0 Å². The number of ether oxygens (including phenoxy) is 1. The molecule has 0 spiro atoms. The van der Waals surface area contributed by atoms with Crippen LogP contribution in [0.2, 0.25) is 0 Å². The van der Waals surface area contributed by atoms with E-state index >= 15 is 0 Å². The van der Waals surface area contributed by atoms with Gasteiger partial charge in [0, 0.05) is 5.92 Å². The van der Waals surface area contributed by atoms with E-state index in [1.54, 1.807) is 6.92 Å². The lowest BCUT2D eigenvalue weighted by atomic mass is 9.70. The molecular formula is C15H27NO3. The molecule has 0 aromatic carbocycles. The van der Waals surface area contributed by atoms with Crippen molar-refractivity contribution in [2.24, 2.45) is 23.7 Å². The summed E-state index contributed by atoms with van der Waals surface area (Å²) in [5.74, 6) is 1.59. The summed E-state index contributed by atoms with van der Waals surface area (Å²) in [7, 11) is 1.33. The van der Waals surface area contributed by atoms with Crippen LogP contribution >= 0.6 is 0 Å². The first-order valence-corrected chi connectivity index (χ1v) is 7.25. The van der Waals surface area contributed by atoms with Crippen LogP contribution in [0.1, 0.15) is 47.0 Å². The third-order valence-electron chi connectivity index (χ3n) is 4.38. The predicted octanol–water partition coefficient (Wildman–Crippen LogP) is 2.37. The second kappa shape index (κ2) is 6.92. The fourth-order valence-electron chi connectivity index (χ4n) is 3.22. The Bertz CT molecular complexity index is 327. The van der Waals surface area contributed by atoms with Gasteiger partial charge in [-0.25, -0.2) is 4.79 Å². The Morgan fingerprint density at radius 2 is 1.84 bits per heavy atom. The Labute approximate surface area is 116 Å². The van der Waals surface area contributed by atoms with Crippen LogP contribution in [0.3, 0.4) is 0 Å². The molecule has 0 aromatic rings. The Kier molecular flexibility index (Phi) is 5.83. The van der Waals surface area contributed by atoms with Gasteiger partial charge in [-0.05, 0) is 43.9 Å². The van der Waals surface area contributed by atoms with Gasteiger partial charge in [0.05, 0.1) is 7.11 Å². The summed E-state index contributed by atoms with van der Waals surface area (Å²) < 4.78 is 4.62. The van der Waals surface area contributed by atoms with Crippen LogP contribution in [0.4, 0.5) is 0 Å². The second-order valence-electron chi connectivity index (χ2n) is 6.15. The van der Waals surface area contributed by atoms with Crippen LogP contribution in [0, 0.1) is 23.7 Å². The summed E-state index contributed by atoms with van der Waals surface area (Å²) in [5, 5.41) is 2.75. The summed E-state index contributed by atoms with van der Waals surface area (Å²) in [5.41, 5.74) is 0. The minimum absolute atomic E-state index is 0.00745. The van der Waals surface area contributed by atoms with E-state index < -0.39 is 12.0 Å². The van der Waals surface area contributed by atoms with Gasteiger partial charge in [0.15, 0.2) is 0 Å². The van der Waals surface area contributed by atoms with Crippen molar-refractivity contribution in [3.8, 4) is 0 Å². The number of hydrogen-bond donors (Lipinski definition) is 1. The number of nitrogens with one attached hydrogen (secondary N) is 1. The van der Waals surface area contributed by atoms with Crippen molar-refractivity contribution in [1.29, 1.82) is 0 Å². The van der Waals surface area contributed by atoms with Crippen LogP contribution in [-0.4, -0.2) is 25.0 Å². The van der Waals surface area contributed by atoms with Crippen molar-refractivity contribution in [3.63, 3.8) is 0 Å². The lowest BCUT2D eigenvalue weighted by molar-refractivity contribution is -0.145. The lowest BCUT2D eigenvalue weighted by Gasteiger charge is -2.36.